The molecule has 170 valence electrons. The van der Waals surface area contributed by atoms with Gasteiger partial charge in [0.25, 0.3) is 5.91 Å². The fourth-order valence-electron chi connectivity index (χ4n) is 4.52. The monoisotopic (exact) mass is 438 g/mol. The first-order valence-electron chi connectivity index (χ1n) is 11.0. The fraction of sp³-hybridized carbons (Fsp3) is 0.478. The number of anilines is 4. The third kappa shape index (κ3) is 4.06. The van der Waals surface area contributed by atoms with Gasteiger partial charge in [-0.25, -0.2) is 4.98 Å². The molecular weight excluding hydrogens is 408 g/mol. The van der Waals surface area contributed by atoms with Crippen molar-refractivity contribution in [2.24, 2.45) is 5.92 Å². The van der Waals surface area contributed by atoms with E-state index in [0.29, 0.717) is 35.5 Å². The molecule has 2 aromatic rings. The first kappa shape index (κ1) is 21.9. The number of hydrogen-bond acceptors (Lipinski definition) is 7. The standard InChI is InChI=1S/C23H30N6O3/c1-14-13-29(16-7-5-6-8-16)20-18(28(3)22(14)31)12-25-23(27-20)26-17-10-9-15(21(30)24-2)11-19(17)32-4/h9-12,14,16H,5-8,13H2,1-4H3,(H,24,30)(H,25,26,27)/t14-/m1/s1. The summed E-state index contributed by atoms with van der Waals surface area (Å²) in [6.45, 7) is 2.61. The zero-order valence-electron chi connectivity index (χ0n) is 19.0. The summed E-state index contributed by atoms with van der Waals surface area (Å²) in [5.41, 5.74) is 1.87. The van der Waals surface area contributed by atoms with E-state index in [2.05, 4.69) is 20.5 Å². The Hall–Kier alpha value is -3.36. The minimum Gasteiger partial charge on any atom is -0.495 e. The number of rotatable bonds is 5. The van der Waals surface area contributed by atoms with Gasteiger partial charge in [-0.1, -0.05) is 19.8 Å². The van der Waals surface area contributed by atoms with E-state index < -0.39 is 0 Å². The number of hydrogen-bond donors (Lipinski definition) is 2. The van der Waals surface area contributed by atoms with E-state index in [1.807, 2.05) is 6.92 Å². The van der Waals surface area contributed by atoms with Crippen molar-refractivity contribution in [3.63, 3.8) is 0 Å². The Labute approximate surface area is 188 Å². The maximum Gasteiger partial charge on any atom is 0.251 e. The normalized spacial score (nSPS) is 18.9. The summed E-state index contributed by atoms with van der Waals surface area (Å²) in [5, 5.41) is 5.82. The summed E-state index contributed by atoms with van der Waals surface area (Å²) in [7, 11) is 4.92. The van der Waals surface area contributed by atoms with Crippen LogP contribution in [0.25, 0.3) is 0 Å². The maximum atomic E-state index is 12.8. The number of fused-ring (bicyclic) bond motifs is 1. The summed E-state index contributed by atoms with van der Waals surface area (Å²) >= 11 is 0. The van der Waals surface area contributed by atoms with E-state index in [9.17, 15) is 9.59 Å². The first-order valence-corrected chi connectivity index (χ1v) is 11.0. The average Bonchev–Trinajstić information content (AvgIpc) is 3.33. The molecule has 2 amide bonds. The van der Waals surface area contributed by atoms with Gasteiger partial charge in [0.2, 0.25) is 11.9 Å². The SMILES string of the molecule is CNC(=O)c1ccc(Nc2ncc3c(n2)N(C2CCCC2)C[C@@H](C)C(=O)N3C)c(OC)c1. The highest BCUT2D eigenvalue weighted by Crippen LogP contribution is 2.37. The quantitative estimate of drug-likeness (QED) is 0.740. The van der Waals surface area contributed by atoms with Crippen molar-refractivity contribution in [1.29, 1.82) is 0 Å². The Morgan fingerprint density at radius 1 is 1.25 bits per heavy atom. The van der Waals surface area contributed by atoms with Crippen molar-refractivity contribution in [3.05, 3.63) is 30.0 Å². The molecule has 1 fully saturated rings. The molecule has 0 radical (unpaired) electrons. The van der Waals surface area contributed by atoms with Crippen molar-refractivity contribution in [2.75, 3.05) is 42.9 Å². The predicted molar refractivity (Wildman–Crippen MR) is 124 cm³/mol. The Balaban J connectivity index is 1.70. The third-order valence-corrected chi connectivity index (χ3v) is 6.31. The molecule has 1 saturated carbocycles. The van der Waals surface area contributed by atoms with Crippen molar-refractivity contribution in [3.8, 4) is 5.75 Å². The first-order chi connectivity index (χ1) is 15.4. The highest BCUT2D eigenvalue weighted by atomic mass is 16.5. The van der Waals surface area contributed by atoms with E-state index in [4.69, 9.17) is 9.72 Å². The Kier molecular flexibility index (Phi) is 6.16. The van der Waals surface area contributed by atoms with Gasteiger partial charge in [-0.2, -0.15) is 4.98 Å². The lowest BCUT2D eigenvalue weighted by atomic mass is 10.1. The van der Waals surface area contributed by atoms with Crippen LogP contribution in [-0.2, 0) is 4.79 Å². The molecule has 1 atom stereocenters. The minimum atomic E-state index is -0.190. The van der Waals surface area contributed by atoms with E-state index in [1.54, 1.807) is 50.5 Å². The van der Waals surface area contributed by atoms with Crippen LogP contribution in [0.1, 0.15) is 43.0 Å². The number of ether oxygens (including phenoxy) is 1. The molecule has 0 unspecified atom stereocenters. The van der Waals surface area contributed by atoms with Crippen LogP contribution in [0, 0.1) is 5.92 Å². The number of benzene rings is 1. The highest BCUT2D eigenvalue weighted by molar-refractivity contribution is 5.99. The number of carbonyl (C=O) groups excluding carboxylic acids is 2. The van der Waals surface area contributed by atoms with Gasteiger partial charge in [0.1, 0.15) is 11.4 Å². The molecule has 2 heterocycles. The van der Waals surface area contributed by atoms with E-state index in [-0.39, 0.29) is 17.7 Å². The lowest BCUT2D eigenvalue weighted by Gasteiger charge is -2.31. The van der Waals surface area contributed by atoms with Gasteiger partial charge in [-0.05, 0) is 31.0 Å². The molecule has 0 bridgehead atoms. The van der Waals surface area contributed by atoms with E-state index in [1.165, 1.54) is 12.8 Å². The number of carbonyl (C=O) groups is 2. The van der Waals surface area contributed by atoms with Crippen molar-refractivity contribution >= 4 is 35.0 Å². The molecule has 4 rings (SSSR count). The number of aromatic nitrogens is 2. The van der Waals surface area contributed by atoms with Gasteiger partial charge in [-0.3, -0.25) is 9.59 Å². The molecule has 2 N–H and O–H groups in total. The second-order valence-electron chi connectivity index (χ2n) is 8.41. The van der Waals surface area contributed by atoms with Crippen LogP contribution in [-0.4, -0.2) is 55.6 Å². The molecule has 1 aliphatic heterocycles. The summed E-state index contributed by atoms with van der Waals surface area (Å²) in [5.74, 6) is 1.46. The van der Waals surface area contributed by atoms with Gasteiger partial charge in [-0.15, -0.1) is 0 Å². The fourth-order valence-corrected chi connectivity index (χ4v) is 4.52. The number of nitrogens with one attached hydrogen (secondary N) is 2. The summed E-state index contributed by atoms with van der Waals surface area (Å²) < 4.78 is 5.47. The van der Waals surface area contributed by atoms with Crippen LogP contribution in [0.2, 0.25) is 0 Å². The zero-order chi connectivity index (χ0) is 22.8. The topological polar surface area (TPSA) is 99.7 Å². The second-order valence-corrected chi connectivity index (χ2v) is 8.41. The minimum absolute atomic E-state index is 0.0718. The van der Waals surface area contributed by atoms with Gasteiger partial charge < -0.3 is 25.2 Å². The van der Waals surface area contributed by atoms with Crippen LogP contribution >= 0.6 is 0 Å². The molecule has 9 nitrogen and oxygen atoms in total. The van der Waals surface area contributed by atoms with Gasteiger partial charge in [0.15, 0.2) is 5.82 Å². The lowest BCUT2D eigenvalue weighted by Crippen LogP contribution is -2.38. The Bertz CT molecular complexity index is 1020. The summed E-state index contributed by atoms with van der Waals surface area (Å²) in [6, 6.07) is 5.53. The molecular formula is C23H30N6O3. The van der Waals surface area contributed by atoms with Crippen molar-refractivity contribution in [2.45, 2.75) is 38.6 Å². The van der Waals surface area contributed by atoms with Gasteiger partial charge >= 0.3 is 0 Å². The maximum absolute atomic E-state index is 12.8. The molecule has 2 aliphatic rings. The van der Waals surface area contributed by atoms with Gasteiger partial charge in [0.05, 0.1) is 24.9 Å². The average molecular weight is 439 g/mol. The third-order valence-electron chi connectivity index (χ3n) is 6.31. The molecule has 0 spiro atoms. The molecule has 1 aliphatic carbocycles. The van der Waals surface area contributed by atoms with E-state index >= 15 is 0 Å². The van der Waals surface area contributed by atoms with Crippen LogP contribution in [0.15, 0.2) is 24.4 Å². The molecule has 32 heavy (non-hydrogen) atoms. The second kappa shape index (κ2) is 9.02. The summed E-state index contributed by atoms with van der Waals surface area (Å²) in [6.07, 6.45) is 6.30. The van der Waals surface area contributed by atoms with E-state index in [0.717, 1.165) is 24.3 Å². The van der Waals surface area contributed by atoms with Gasteiger partial charge in [0, 0.05) is 32.2 Å². The number of methoxy groups -OCH3 is 1. The van der Waals surface area contributed by atoms with Crippen LogP contribution < -0.4 is 25.2 Å². The van der Waals surface area contributed by atoms with Crippen molar-refractivity contribution in [1.82, 2.24) is 15.3 Å². The Morgan fingerprint density at radius 3 is 2.69 bits per heavy atom. The molecule has 0 saturated heterocycles. The Morgan fingerprint density at radius 2 is 2.00 bits per heavy atom. The largest absolute Gasteiger partial charge is 0.495 e. The van der Waals surface area contributed by atoms with Crippen LogP contribution in [0.3, 0.4) is 0 Å². The van der Waals surface area contributed by atoms with Crippen molar-refractivity contribution < 1.29 is 14.3 Å². The molecule has 1 aromatic carbocycles. The van der Waals surface area contributed by atoms with Crippen LogP contribution in [0.4, 0.5) is 23.1 Å². The number of nitrogens with zero attached hydrogens (tertiary/aromatic N) is 4. The predicted octanol–water partition coefficient (Wildman–Crippen LogP) is 2.95. The molecule has 1 aromatic heterocycles. The lowest BCUT2D eigenvalue weighted by molar-refractivity contribution is -0.121. The smallest absolute Gasteiger partial charge is 0.251 e. The zero-order valence-corrected chi connectivity index (χ0v) is 19.0. The molecule has 9 heteroatoms. The number of amides is 2. The highest BCUT2D eigenvalue weighted by Gasteiger charge is 2.35. The summed E-state index contributed by atoms with van der Waals surface area (Å²) in [4.78, 5) is 38.0. The van der Waals surface area contributed by atoms with Crippen LogP contribution in [0.5, 0.6) is 5.75 Å².